The van der Waals surface area contributed by atoms with Crippen LogP contribution in [0.25, 0.3) is 11.3 Å². The molecule has 0 amide bonds. The molecule has 1 saturated carbocycles. The second kappa shape index (κ2) is 7.22. The topological polar surface area (TPSA) is 83.4 Å². The summed E-state index contributed by atoms with van der Waals surface area (Å²) in [4.78, 5) is 26.3. The molecule has 2 aromatic heterocycles. The molecule has 0 radical (unpaired) electrons. The third-order valence-electron chi connectivity index (χ3n) is 5.80. The lowest BCUT2D eigenvalue weighted by molar-refractivity contribution is -0.286. The van der Waals surface area contributed by atoms with Gasteiger partial charge in [0.2, 0.25) is 5.88 Å². The number of fused-ring (bicyclic) bond motifs is 1. The average molecular weight is 439 g/mol. The first-order chi connectivity index (χ1) is 15.3. The molecular weight excluding hydrogens is 420 g/mol. The molecule has 32 heavy (non-hydrogen) atoms. The Morgan fingerprint density at radius 1 is 1.09 bits per heavy atom. The van der Waals surface area contributed by atoms with Gasteiger partial charge in [-0.15, -0.1) is 8.78 Å². The number of carbonyl (C=O) groups excluding carboxylic acids is 1. The molecule has 2 aliphatic rings. The first kappa shape index (κ1) is 20.3. The number of pyridine rings is 1. The molecule has 1 aromatic carbocycles. The van der Waals surface area contributed by atoms with E-state index in [1.54, 1.807) is 31.6 Å². The van der Waals surface area contributed by atoms with Crippen molar-refractivity contribution in [1.29, 1.82) is 0 Å². The summed E-state index contributed by atoms with van der Waals surface area (Å²) in [6.07, 6.45) is 0.930. The van der Waals surface area contributed by atoms with E-state index in [-0.39, 0.29) is 23.7 Å². The summed E-state index contributed by atoms with van der Waals surface area (Å²) in [5.74, 6) is 0.720. The number of aromatic nitrogens is 3. The Labute approximate surface area is 182 Å². The lowest BCUT2D eigenvalue weighted by atomic mass is 9.89. The zero-order valence-corrected chi connectivity index (χ0v) is 17.4. The summed E-state index contributed by atoms with van der Waals surface area (Å²) in [5.41, 5.74) is 2.22. The molecule has 1 aliphatic heterocycles. The molecule has 0 N–H and O–H groups in total. The van der Waals surface area contributed by atoms with Gasteiger partial charge in [0, 0.05) is 24.0 Å². The second-order valence-corrected chi connectivity index (χ2v) is 7.92. The molecule has 1 aliphatic carbocycles. The molecule has 0 saturated heterocycles. The zero-order chi connectivity index (χ0) is 22.5. The number of ketones is 1. The number of Topliss-reactive ketones (excluding diaryl/α,β-unsaturated/α-hetero) is 1. The fraction of sp³-hybridized carbons (Fsp3) is 0.304. The monoisotopic (exact) mass is 439 g/mol. The third-order valence-corrected chi connectivity index (χ3v) is 5.80. The van der Waals surface area contributed by atoms with Crippen molar-refractivity contribution >= 4 is 5.78 Å². The van der Waals surface area contributed by atoms with Crippen molar-refractivity contribution in [2.24, 2.45) is 0 Å². The van der Waals surface area contributed by atoms with Gasteiger partial charge in [-0.2, -0.15) is 0 Å². The maximum atomic E-state index is 13.3. The number of benzene rings is 1. The largest absolute Gasteiger partial charge is 0.586 e. The summed E-state index contributed by atoms with van der Waals surface area (Å²) < 4.78 is 40.8. The van der Waals surface area contributed by atoms with Gasteiger partial charge in [0.15, 0.2) is 17.3 Å². The number of rotatable bonds is 6. The number of nitrogens with zero attached hydrogens (tertiary/aromatic N) is 3. The molecule has 0 spiro atoms. The molecule has 164 valence electrons. The fourth-order valence-electron chi connectivity index (χ4n) is 3.91. The minimum absolute atomic E-state index is 0.0292. The molecule has 5 rings (SSSR count). The Hall–Kier alpha value is -3.62. The van der Waals surface area contributed by atoms with Gasteiger partial charge in [-0.25, -0.2) is 15.0 Å². The SMILES string of the molecule is COc1ccc(-c2nc(CC(=O)C3(c4ccc5c(c4)OC(F)(F)O5)CC3)ncc2C)cn1. The van der Waals surface area contributed by atoms with Crippen LogP contribution in [0.15, 0.2) is 42.7 Å². The first-order valence-corrected chi connectivity index (χ1v) is 10.1. The highest BCUT2D eigenvalue weighted by Crippen LogP contribution is 2.52. The standard InChI is InChI=1S/C23H19F2N3O4/c1-13-11-26-19(28-21(13)14-3-6-20(30-2)27-12-14)10-18(29)22(7-8-22)15-4-5-16-17(9-15)32-23(24,25)31-16/h3-6,9,11-12H,7-8,10H2,1-2H3. The predicted octanol–water partition coefficient (Wildman–Crippen LogP) is 4.02. The summed E-state index contributed by atoms with van der Waals surface area (Å²) in [6, 6.07) is 8.10. The predicted molar refractivity (Wildman–Crippen MR) is 109 cm³/mol. The molecule has 0 bridgehead atoms. The summed E-state index contributed by atoms with van der Waals surface area (Å²) in [7, 11) is 1.54. The van der Waals surface area contributed by atoms with Gasteiger partial charge in [0.05, 0.1) is 24.6 Å². The number of halogens is 2. The summed E-state index contributed by atoms with van der Waals surface area (Å²) in [6.45, 7) is 1.88. The van der Waals surface area contributed by atoms with Crippen LogP contribution in [0.4, 0.5) is 8.78 Å². The van der Waals surface area contributed by atoms with Crippen LogP contribution in [-0.4, -0.2) is 34.1 Å². The number of carbonyl (C=O) groups is 1. The number of methoxy groups -OCH3 is 1. The van der Waals surface area contributed by atoms with E-state index in [1.807, 2.05) is 13.0 Å². The summed E-state index contributed by atoms with van der Waals surface area (Å²) >= 11 is 0. The quantitative estimate of drug-likeness (QED) is 0.574. The van der Waals surface area contributed by atoms with Crippen LogP contribution in [0.5, 0.6) is 17.4 Å². The molecule has 7 nitrogen and oxygen atoms in total. The fourth-order valence-corrected chi connectivity index (χ4v) is 3.91. The first-order valence-electron chi connectivity index (χ1n) is 10.1. The van der Waals surface area contributed by atoms with E-state index >= 15 is 0 Å². The van der Waals surface area contributed by atoms with E-state index in [0.717, 1.165) is 11.1 Å². The van der Waals surface area contributed by atoms with E-state index in [0.29, 0.717) is 35.8 Å². The molecular formula is C23H19F2N3O4. The van der Waals surface area contributed by atoms with E-state index in [9.17, 15) is 13.6 Å². The number of hydrogen-bond donors (Lipinski definition) is 0. The van der Waals surface area contributed by atoms with E-state index in [1.165, 1.54) is 12.1 Å². The van der Waals surface area contributed by atoms with Gasteiger partial charge in [-0.05, 0) is 49.1 Å². The van der Waals surface area contributed by atoms with Crippen molar-refractivity contribution in [2.75, 3.05) is 7.11 Å². The Bertz CT molecular complexity index is 1210. The van der Waals surface area contributed by atoms with Crippen molar-refractivity contribution < 1.29 is 27.8 Å². The van der Waals surface area contributed by atoms with Crippen molar-refractivity contribution in [1.82, 2.24) is 15.0 Å². The highest BCUT2D eigenvalue weighted by Gasteiger charge is 2.52. The summed E-state index contributed by atoms with van der Waals surface area (Å²) in [5, 5.41) is 0. The maximum absolute atomic E-state index is 13.3. The third kappa shape index (κ3) is 3.53. The van der Waals surface area contributed by atoms with Crippen molar-refractivity contribution in [3.8, 4) is 28.6 Å². The van der Waals surface area contributed by atoms with Crippen LogP contribution in [0.3, 0.4) is 0 Å². The van der Waals surface area contributed by atoms with E-state index in [2.05, 4.69) is 24.4 Å². The van der Waals surface area contributed by atoms with E-state index in [4.69, 9.17) is 4.74 Å². The molecule has 0 atom stereocenters. The van der Waals surface area contributed by atoms with Crippen molar-refractivity contribution in [3.63, 3.8) is 0 Å². The Balaban J connectivity index is 1.38. The van der Waals surface area contributed by atoms with Crippen LogP contribution in [0.2, 0.25) is 0 Å². The van der Waals surface area contributed by atoms with Gasteiger partial charge >= 0.3 is 6.29 Å². The van der Waals surface area contributed by atoms with Gasteiger partial charge in [0.1, 0.15) is 5.82 Å². The number of ether oxygens (including phenoxy) is 3. The lowest BCUT2D eigenvalue weighted by Crippen LogP contribution is -2.26. The van der Waals surface area contributed by atoms with Gasteiger partial charge in [0.25, 0.3) is 0 Å². The Morgan fingerprint density at radius 3 is 2.56 bits per heavy atom. The smallest absolute Gasteiger partial charge is 0.481 e. The van der Waals surface area contributed by atoms with Crippen molar-refractivity contribution in [2.45, 2.75) is 37.9 Å². The van der Waals surface area contributed by atoms with Crippen molar-refractivity contribution in [3.05, 3.63) is 59.7 Å². The van der Waals surface area contributed by atoms with Gasteiger partial charge in [-0.3, -0.25) is 4.79 Å². The Kier molecular flexibility index (Phi) is 4.58. The zero-order valence-electron chi connectivity index (χ0n) is 17.4. The van der Waals surface area contributed by atoms with Crippen LogP contribution < -0.4 is 14.2 Å². The average Bonchev–Trinajstić information content (AvgIpc) is 3.52. The van der Waals surface area contributed by atoms with Crippen LogP contribution in [0, 0.1) is 6.92 Å². The molecule has 9 heteroatoms. The lowest BCUT2D eigenvalue weighted by Gasteiger charge is -2.15. The molecule has 1 fully saturated rings. The molecule has 3 aromatic rings. The molecule has 0 unspecified atom stereocenters. The van der Waals surface area contributed by atoms with Crippen LogP contribution in [0.1, 0.15) is 29.8 Å². The minimum atomic E-state index is -3.69. The highest BCUT2D eigenvalue weighted by atomic mass is 19.3. The Morgan fingerprint density at radius 2 is 1.88 bits per heavy atom. The second-order valence-electron chi connectivity index (χ2n) is 7.92. The van der Waals surface area contributed by atoms with Crippen LogP contribution in [-0.2, 0) is 16.6 Å². The number of aryl methyl sites for hydroxylation is 1. The van der Waals surface area contributed by atoms with Gasteiger partial charge < -0.3 is 14.2 Å². The number of hydrogen-bond acceptors (Lipinski definition) is 7. The normalized spacial score (nSPS) is 17.1. The maximum Gasteiger partial charge on any atom is 0.586 e. The molecule has 3 heterocycles. The van der Waals surface area contributed by atoms with Gasteiger partial charge in [-0.1, -0.05) is 6.07 Å². The number of alkyl halides is 2. The highest BCUT2D eigenvalue weighted by molar-refractivity contribution is 5.94. The van der Waals surface area contributed by atoms with Crippen LogP contribution >= 0.6 is 0 Å². The van der Waals surface area contributed by atoms with E-state index < -0.39 is 11.7 Å². The minimum Gasteiger partial charge on any atom is -0.481 e.